The predicted octanol–water partition coefficient (Wildman–Crippen LogP) is 6.76. The predicted molar refractivity (Wildman–Crippen MR) is 148 cm³/mol. The van der Waals surface area contributed by atoms with Crippen LogP contribution in [0.25, 0.3) is 22.6 Å². The summed E-state index contributed by atoms with van der Waals surface area (Å²) in [4.78, 5) is 23.8. The van der Waals surface area contributed by atoms with E-state index in [1.54, 1.807) is 7.11 Å². The van der Waals surface area contributed by atoms with Crippen molar-refractivity contribution in [1.29, 1.82) is 0 Å². The number of H-pyrrole nitrogens is 1. The van der Waals surface area contributed by atoms with Gasteiger partial charge in [0, 0.05) is 30.9 Å². The number of benzene rings is 2. The number of rotatable bonds is 9. The van der Waals surface area contributed by atoms with Crippen molar-refractivity contribution >= 4 is 23.4 Å². The van der Waals surface area contributed by atoms with E-state index >= 15 is 0 Å². The van der Waals surface area contributed by atoms with E-state index in [4.69, 9.17) is 9.72 Å². The van der Waals surface area contributed by atoms with Gasteiger partial charge in [-0.15, -0.1) is 0 Å². The molecule has 7 heteroatoms. The highest BCUT2D eigenvalue weighted by Gasteiger charge is 2.21. The second-order valence-corrected chi connectivity index (χ2v) is 9.35. The summed E-state index contributed by atoms with van der Waals surface area (Å²) in [6.45, 7) is 8.14. The number of aryl methyl sites for hydroxylation is 1. The van der Waals surface area contributed by atoms with Crippen LogP contribution in [0.4, 0.5) is 5.69 Å². The van der Waals surface area contributed by atoms with Crippen LogP contribution >= 0.6 is 11.8 Å². The summed E-state index contributed by atoms with van der Waals surface area (Å²) in [6.07, 6.45) is 2.80. The maximum Gasteiger partial charge on any atom is 0.274 e. The highest BCUT2D eigenvalue weighted by Crippen LogP contribution is 2.31. The third kappa shape index (κ3) is 6.17. The van der Waals surface area contributed by atoms with Crippen molar-refractivity contribution in [3.63, 3.8) is 0 Å². The minimum absolute atomic E-state index is 0.226. The molecule has 0 radical (unpaired) electrons. The summed E-state index contributed by atoms with van der Waals surface area (Å²) < 4.78 is 5.30. The summed E-state index contributed by atoms with van der Waals surface area (Å²) in [5.41, 5.74) is 6.15. The van der Waals surface area contributed by atoms with Crippen LogP contribution in [0.2, 0.25) is 0 Å². The van der Waals surface area contributed by atoms with E-state index in [1.165, 1.54) is 11.8 Å². The highest BCUT2D eigenvalue weighted by molar-refractivity contribution is 8.05. The second-order valence-electron chi connectivity index (χ2n) is 8.44. The van der Waals surface area contributed by atoms with E-state index in [1.807, 2.05) is 69.8 Å². The number of amides is 1. The summed E-state index contributed by atoms with van der Waals surface area (Å²) in [7, 11) is 5.68. The van der Waals surface area contributed by atoms with Crippen LogP contribution in [0.3, 0.4) is 0 Å². The molecule has 184 valence electrons. The number of nitrogens with zero attached hydrogens (tertiary/aromatic N) is 2. The fraction of sp³-hybridized carbons (Fsp3) is 0.286. The van der Waals surface area contributed by atoms with Crippen molar-refractivity contribution in [3.05, 3.63) is 75.8 Å². The van der Waals surface area contributed by atoms with Gasteiger partial charge >= 0.3 is 0 Å². The number of imidazole rings is 1. The number of aromatic nitrogens is 2. The Kier molecular flexibility index (Phi) is 8.82. The molecule has 0 atom stereocenters. The fourth-order valence-electron chi connectivity index (χ4n) is 3.64. The molecule has 0 saturated heterocycles. The van der Waals surface area contributed by atoms with Crippen LogP contribution in [0.5, 0.6) is 5.75 Å². The Labute approximate surface area is 212 Å². The van der Waals surface area contributed by atoms with Gasteiger partial charge in [0.2, 0.25) is 0 Å². The first-order valence-electron chi connectivity index (χ1n) is 11.6. The van der Waals surface area contributed by atoms with Gasteiger partial charge in [0.05, 0.1) is 12.1 Å². The van der Waals surface area contributed by atoms with E-state index in [0.29, 0.717) is 17.2 Å². The molecule has 3 aromatic rings. The van der Waals surface area contributed by atoms with Crippen LogP contribution in [0.1, 0.15) is 43.2 Å². The van der Waals surface area contributed by atoms with Crippen molar-refractivity contribution < 1.29 is 9.53 Å². The lowest BCUT2D eigenvalue weighted by Crippen LogP contribution is -2.23. The lowest BCUT2D eigenvalue weighted by molar-refractivity contribution is 0.0964. The van der Waals surface area contributed by atoms with Crippen molar-refractivity contribution in [2.75, 3.05) is 26.1 Å². The molecule has 3 rings (SSSR count). The number of anilines is 1. The van der Waals surface area contributed by atoms with Gasteiger partial charge < -0.3 is 19.9 Å². The largest absolute Gasteiger partial charge is 0.497 e. The molecule has 2 N–H and O–H groups in total. The molecule has 0 aliphatic rings. The first kappa shape index (κ1) is 26.2. The SMILES string of the molecule is C/C=C\S/C(NC(=O)c1[nH]c(-c2ccc(N(C)C)c(C)c2)nc1-c1ccc(OC)cc1)=C(\C)CC. The minimum atomic E-state index is -0.226. The molecule has 0 bridgehead atoms. The molecule has 6 nitrogen and oxygen atoms in total. The average Bonchev–Trinajstić information content (AvgIpc) is 3.31. The molecule has 35 heavy (non-hydrogen) atoms. The van der Waals surface area contributed by atoms with E-state index in [0.717, 1.165) is 45.2 Å². The van der Waals surface area contributed by atoms with Crippen molar-refractivity contribution in [2.45, 2.75) is 34.1 Å². The zero-order chi connectivity index (χ0) is 25.5. The number of ether oxygens (including phenoxy) is 1. The Hall–Kier alpha value is -3.45. The zero-order valence-corrected chi connectivity index (χ0v) is 22.3. The van der Waals surface area contributed by atoms with Crippen LogP contribution in [-0.2, 0) is 0 Å². The topological polar surface area (TPSA) is 70.2 Å². The smallest absolute Gasteiger partial charge is 0.274 e. The lowest BCUT2D eigenvalue weighted by atomic mass is 10.1. The number of thioether (sulfide) groups is 1. The van der Waals surface area contributed by atoms with Crippen LogP contribution in [0.15, 0.2) is 64.6 Å². The quantitative estimate of drug-likeness (QED) is 0.347. The van der Waals surface area contributed by atoms with Crippen molar-refractivity contribution in [2.24, 2.45) is 0 Å². The minimum Gasteiger partial charge on any atom is -0.497 e. The van der Waals surface area contributed by atoms with Crippen molar-refractivity contribution in [1.82, 2.24) is 15.3 Å². The second kappa shape index (κ2) is 11.8. The Morgan fingerprint density at radius 1 is 1.17 bits per heavy atom. The molecule has 1 aromatic heterocycles. The Balaban J connectivity index is 2.08. The van der Waals surface area contributed by atoms with E-state index in [9.17, 15) is 4.79 Å². The average molecular weight is 491 g/mol. The lowest BCUT2D eigenvalue weighted by Gasteiger charge is -2.15. The third-order valence-corrected chi connectivity index (χ3v) is 6.81. The van der Waals surface area contributed by atoms with Gasteiger partial charge in [-0.05, 0) is 86.2 Å². The number of aromatic amines is 1. The monoisotopic (exact) mass is 490 g/mol. The fourth-order valence-corrected chi connectivity index (χ4v) is 4.40. The number of hydrogen-bond acceptors (Lipinski definition) is 5. The maximum absolute atomic E-state index is 13.5. The van der Waals surface area contributed by atoms with E-state index < -0.39 is 0 Å². The maximum atomic E-state index is 13.5. The van der Waals surface area contributed by atoms with Crippen LogP contribution in [0, 0.1) is 6.92 Å². The number of allylic oxidation sites excluding steroid dienone is 2. The van der Waals surface area contributed by atoms with E-state index in [-0.39, 0.29) is 5.91 Å². The standard InChI is InChI=1S/C28H34N4O2S/c1-8-16-35-28(18(3)9-2)31-27(33)25-24(20-10-13-22(34-7)14-11-20)29-26(30-25)21-12-15-23(32(5)6)19(4)17-21/h8,10-17H,9H2,1-7H3,(H,29,30)(H,31,33)/b16-8-,28-18+. The Morgan fingerprint density at radius 2 is 1.86 bits per heavy atom. The first-order valence-corrected chi connectivity index (χ1v) is 12.5. The van der Waals surface area contributed by atoms with Gasteiger partial charge in [-0.25, -0.2) is 4.98 Å². The van der Waals surface area contributed by atoms with Crippen molar-refractivity contribution in [3.8, 4) is 28.4 Å². The Bertz CT molecular complexity index is 1240. The van der Waals surface area contributed by atoms with Gasteiger partial charge in [-0.2, -0.15) is 0 Å². The number of methoxy groups -OCH3 is 1. The molecule has 0 unspecified atom stereocenters. The Morgan fingerprint density at radius 3 is 2.43 bits per heavy atom. The van der Waals surface area contributed by atoms with Crippen LogP contribution in [-0.4, -0.2) is 37.1 Å². The third-order valence-electron chi connectivity index (χ3n) is 5.71. The molecule has 1 amide bonds. The summed E-state index contributed by atoms with van der Waals surface area (Å²) in [6, 6.07) is 13.7. The van der Waals surface area contributed by atoms with Gasteiger partial charge in [0.15, 0.2) is 0 Å². The van der Waals surface area contributed by atoms with Gasteiger partial charge in [0.1, 0.15) is 23.0 Å². The van der Waals surface area contributed by atoms with E-state index in [2.05, 4.69) is 41.2 Å². The molecule has 0 spiro atoms. The summed E-state index contributed by atoms with van der Waals surface area (Å²) in [5.74, 6) is 1.17. The van der Waals surface area contributed by atoms with Gasteiger partial charge in [-0.3, -0.25) is 4.79 Å². The van der Waals surface area contributed by atoms with Crippen LogP contribution < -0.4 is 15.0 Å². The number of carbonyl (C=O) groups is 1. The highest BCUT2D eigenvalue weighted by atomic mass is 32.2. The first-order chi connectivity index (χ1) is 16.8. The normalized spacial score (nSPS) is 12.0. The molecule has 2 aromatic carbocycles. The molecule has 0 aliphatic heterocycles. The molecular formula is C28H34N4O2S. The molecule has 0 saturated carbocycles. The molecule has 1 heterocycles. The molecule has 0 fully saturated rings. The summed E-state index contributed by atoms with van der Waals surface area (Å²) in [5, 5.41) is 5.90. The number of carbonyl (C=O) groups excluding carboxylic acids is 1. The van der Waals surface area contributed by atoms with Gasteiger partial charge in [0.25, 0.3) is 5.91 Å². The zero-order valence-electron chi connectivity index (χ0n) is 21.5. The number of nitrogens with one attached hydrogen (secondary N) is 2. The summed E-state index contributed by atoms with van der Waals surface area (Å²) >= 11 is 1.50. The van der Waals surface area contributed by atoms with Gasteiger partial charge in [-0.1, -0.05) is 24.8 Å². The number of hydrogen-bond donors (Lipinski definition) is 2. The molecular weight excluding hydrogens is 456 g/mol. The molecule has 0 aliphatic carbocycles.